The molecule has 1 unspecified atom stereocenters. The van der Waals surface area contributed by atoms with E-state index < -0.39 is 0 Å². The summed E-state index contributed by atoms with van der Waals surface area (Å²) in [5.74, 6) is 0. The molecular weight excluding hydrogens is 182 g/mol. The Morgan fingerprint density at radius 1 is 1.56 bits per heavy atom. The molecule has 3 heteroatoms. The molecule has 0 aromatic rings. The van der Waals surface area contributed by atoms with Crippen molar-refractivity contribution in [3.05, 3.63) is 0 Å². The van der Waals surface area contributed by atoms with Crippen molar-refractivity contribution in [2.45, 2.75) is 6.10 Å². The minimum absolute atomic E-state index is 0.551. The first-order valence-electron chi connectivity index (χ1n) is 2.95. The highest BCUT2D eigenvalue weighted by atomic mass is 79.9. The zero-order valence-electron chi connectivity index (χ0n) is 6.22. The highest BCUT2D eigenvalue weighted by Gasteiger charge is 2.19. The van der Waals surface area contributed by atoms with Crippen molar-refractivity contribution in [1.82, 2.24) is 4.90 Å². The number of nitrogens with zero attached hydrogens (tertiary/aromatic N) is 1. The maximum absolute atomic E-state index is 4.81. The Kier molecular flexibility index (Phi) is 5.44. The van der Waals surface area contributed by atoms with Crippen LogP contribution in [-0.2, 0) is 4.74 Å². The zero-order valence-corrected chi connectivity index (χ0v) is 7.81. The first-order chi connectivity index (χ1) is 4.16. The summed E-state index contributed by atoms with van der Waals surface area (Å²) in [5.41, 5.74) is 0. The Morgan fingerprint density at radius 3 is 1.89 bits per heavy atom. The molecule has 1 fully saturated rings. The van der Waals surface area contributed by atoms with E-state index >= 15 is 0 Å². The third kappa shape index (κ3) is 11.8. The molecule has 0 saturated carbocycles. The van der Waals surface area contributed by atoms with Gasteiger partial charge in [0.15, 0.2) is 0 Å². The van der Waals surface area contributed by atoms with Crippen molar-refractivity contribution in [2.75, 3.05) is 33.1 Å². The molecule has 0 radical (unpaired) electrons. The van der Waals surface area contributed by atoms with Gasteiger partial charge in [0, 0.05) is 5.33 Å². The first-order valence-corrected chi connectivity index (χ1v) is 4.07. The third-order valence-corrected chi connectivity index (χ3v) is 1.30. The van der Waals surface area contributed by atoms with Crippen LogP contribution in [0.3, 0.4) is 0 Å². The average Bonchev–Trinajstić information content (AvgIpc) is 2.43. The van der Waals surface area contributed by atoms with Crippen LogP contribution in [0, 0.1) is 0 Å². The highest BCUT2D eigenvalue weighted by molar-refractivity contribution is 9.09. The monoisotopic (exact) mass is 195 g/mol. The van der Waals surface area contributed by atoms with Crippen molar-refractivity contribution in [2.24, 2.45) is 0 Å². The highest BCUT2D eigenvalue weighted by Crippen LogP contribution is 2.09. The van der Waals surface area contributed by atoms with Crippen LogP contribution in [0.1, 0.15) is 0 Å². The van der Waals surface area contributed by atoms with Gasteiger partial charge in [-0.25, -0.2) is 0 Å². The van der Waals surface area contributed by atoms with E-state index in [9.17, 15) is 0 Å². The van der Waals surface area contributed by atoms with E-state index in [1.54, 1.807) is 0 Å². The lowest BCUT2D eigenvalue weighted by Crippen LogP contribution is -1.99. The van der Waals surface area contributed by atoms with Crippen LogP contribution in [0.2, 0.25) is 0 Å². The summed E-state index contributed by atoms with van der Waals surface area (Å²) in [5, 5.41) is 1.01. The quantitative estimate of drug-likeness (QED) is 0.458. The van der Waals surface area contributed by atoms with Gasteiger partial charge in [-0.1, -0.05) is 15.9 Å². The summed E-state index contributed by atoms with van der Waals surface area (Å²) >= 11 is 3.25. The van der Waals surface area contributed by atoms with E-state index in [0.717, 1.165) is 11.9 Å². The van der Waals surface area contributed by atoms with E-state index in [0.29, 0.717) is 6.10 Å². The molecule has 0 aliphatic carbocycles. The van der Waals surface area contributed by atoms with Crippen molar-refractivity contribution < 1.29 is 4.74 Å². The van der Waals surface area contributed by atoms with Gasteiger partial charge in [-0.3, -0.25) is 0 Å². The van der Waals surface area contributed by atoms with Crippen LogP contribution in [-0.4, -0.2) is 44.1 Å². The summed E-state index contributed by atoms with van der Waals surface area (Å²) in [6, 6.07) is 0. The van der Waals surface area contributed by atoms with Gasteiger partial charge in [-0.2, -0.15) is 0 Å². The Morgan fingerprint density at radius 2 is 1.89 bits per heavy atom. The molecule has 0 amide bonds. The first kappa shape index (κ1) is 9.40. The van der Waals surface area contributed by atoms with Gasteiger partial charge in [0.05, 0.1) is 12.7 Å². The zero-order chi connectivity index (χ0) is 7.28. The number of epoxide rings is 1. The lowest BCUT2D eigenvalue weighted by Gasteiger charge is -1.90. The lowest BCUT2D eigenvalue weighted by atomic mass is 10.6. The van der Waals surface area contributed by atoms with E-state index in [1.807, 2.05) is 26.0 Å². The smallest absolute Gasteiger partial charge is 0.0906 e. The van der Waals surface area contributed by atoms with Gasteiger partial charge < -0.3 is 9.64 Å². The number of ether oxygens (including phenoxy) is 1. The summed E-state index contributed by atoms with van der Waals surface area (Å²) in [6.07, 6.45) is 0.551. The average molecular weight is 196 g/mol. The standard InChI is InChI=1S/C3H5BrO.C3H9N/c4-1-3-2-5-3;1-4(2)3/h3H,1-2H2;1-3H3. The second kappa shape index (κ2) is 5.21. The van der Waals surface area contributed by atoms with Crippen LogP contribution in [0.5, 0.6) is 0 Å². The van der Waals surface area contributed by atoms with Gasteiger partial charge in [0.2, 0.25) is 0 Å². The molecule has 1 saturated heterocycles. The second-order valence-electron chi connectivity index (χ2n) is 2.45. The van der Waals surface area contributed by atoms with Gasteiger partial charge in [0.25, 0.3) is 0 Å². The molecule has 1 rings (SSSR count). The fraction of sp³-hybridized carbons (Fsp3) is 1.00. The Labute approximate surface area is 65.3 Å². The summed E-state index contributed by atoms with van der Waals surface area (Å²) in [7, 11) is 6.00. The molecule has 1 aliphatic rings. The molecule has 1 atom stereocenters. The van der Waals surface area contributed by atoms with Gasteiger partial charge in [-0.15, -0.1) is 0 Å². The van der Waals surface area contributed by atoms with E-state index in [2.05, 4.69) is 15.9 Å². The Hall–Kier alpha value is 0.400. The molecule has 0 N–H and O–H groups in total. The van der Waals surface area contributed by atoms with Crippen molar-refractivity contribution in [3.63, 3.8) is 0 Å². The van der Waals surface area contributed by atoms with Crippen LogP contribution in [0.4, 0.5) is 0 Å². The van der Waals surface area contributed by atoms with Crippen molar-refractivity contribution in [3.8, 4) is 0 Å². The summed E-state index contributed by atoms with van der Waals surface area (Å²) < 4.78 is 4.81. The molecule has 9 heavy (non-hydrogen) atoms. The maximum atomic E-state index is 4.81. The third-order valence-electron chi connectivity index (χ3n) is 0.574. The number of halogens is 1. The van der Waals surface area contributed by atoms with Crippen molar-refractivity contribution in [1.29, 1.82) is 0 Å². The van der Waals surface area contributed by atoms with Gasteiger partial charge in [0.1, 0.15) is 0 Å². The van der Waals surface area contributed by atoms with Crippen LogP contribution in [0.15, 0.2) is 0 Å². The normalized spacial score (nSPS) is 23.0. The fourth-order valence-corrected chi connectivity index (χ4v) is 0.531. The molecule has 2 nitrogen and oxygen atoms in total. The number of hydrogen-bond donors (Lipinski definition) is 0. The SMILES string of the molecule is BrCC1CO1.CN(C)C. The number of hydrogen-bond acceptors (Lipinski definition) is 2. The summed E-state index contributed by atoms with van der Waals surface area (Å²) in [4.78, 5) is 2.00. The molecule has 1 heterocycles. The minimum Gasteiger partial charge on any atom is -0.372 e. The number of rotatable bonds is 1. The lowest BCUT2D eigenvalue weighted by molar-refractivity contribution is 0.427. The van der Waals surface area contributed by atoms with Gasteiger partial charge >= 0.3 is 0 Å². The van der Waals surface area contributed by atoms with Crippen LogP contribution >= 0.6 is 15.9 Å². The molecule has 0 aromatic carbocycles. The molecule has 1 aliphatic heterocycles. The van der Waals surface area contributed by atoms with E-state index in [4.69, 9.17) is 4.74 Å². The topological polar surface area (TPSA) is 15.8 Å². The summed E-state index contributed by atoms with van der Waals surface area (Å²) in [6.45, 7) is 0.964. The van der Waals surface area contributed by atoms with E-state index in [1.165, 1.54) is 0 Å². The second-order valence-corrected chi connectivity index (χ2v) is 3.10. The Bertz CT molecular complexity index is 61.3. The van der Waals surface area contributed by atoms with Gasteiger partial charge in [-0.05, 0) is 21.1 Å². The minimum atomic E-state index is 0.551. The Balaban J connectivity index is 0.000000148. The fourth-order valence-electron chi connectivity index (χ4n) is 0.157. The molecule has 0 bridgehead atoms. The van der Waals surface area contributed by atoms with Crippen LogP contribution < -0.4 is 0 Å². The van der Waals surface area contributed by atoms with E-state index in [-0.39, 0.29) is 0 Å². The van der Waals surface area contributed by atoms with Crippen molar-refractivity contribution >= 4 is 15.9 Å². The number of alkyl halides is 1. The molecule has 56 valence electrons. The largest absolute Gasteiger partial charge is 0.372 e. The predicted molar refractivity (Wildman–Crippen MR) is 43.1 cm³/mol. The van der Waals surface area contributed by atoms with Crippen LogP contribution in [0.25, 0.3) is 0 Å². The molecule has 0 spiro atoms. The molecular formula is C6H14BrNO. The maximum Gasteiger partial charge on any atom is 0.0906 e. The predicted octanol–water partition coefficient (Wildman–Crippen LogP) is 0.958. The molecule has 0 aromatic heterocycles.